The molecule has 1 amide bonds. The number of nitrogens with zero attached hydrogens (tertiary/aromatic N) is 1. The van der Waals surface area contributed by atoms with Gasteiger partial charge in [-0.05, 0) is 5.56 Å². The maximum atomic E-state index is 11.6. The second kappa shape index (κ2) is 6.25. The zero-order valence-corrected chi connectivity index (χ0v) is 10.4. The van der Waals surface area contributed by atoms with Gasteiger partial charge < -0.3 is 5.73 Å². The topological polar surface area (TPSA) is 77.2 Å². The number of hydrogen-bond acceptors (Lipinski definition) is 5. The molecule has 94 valence electrons. The molecule has 0 radical (unpaired) electrons. The summed E-state index contributed by atoms with van der Waals surface area (Å²) in [5, 5.41) is 2.38. The number of nitrogens with two attached hydrogens (primary N) is 1. The van der Waals surface area contributed by atoms with E-state index in [1.165, 1.54) is 11.3 Å². The highest BCUT2D eigenvalue weighted by Gasteiger charge is 2.09. The van der Waals surface area contributed by atoms with Gasteiger partial charge in [-0.2, -0.15) is 0 Å². The number of nitrogens with one attached hydrogen (secondary N) is 1. The highest BCUT2D eigenvalue weighted by Crippen LogP contribution is 2.08. The predicted octanol–water partition coefficient (Wildman–Crippen LogP) is 1.46. The molecule has 0 atom stereocenters. The molecule has 5 nitrogen and oxygen atoms in total. The fraction of sp³-hybridized carbons (Fsp3) is 0.167. The van der Waals surface area contributed by atoms with Crippen LogP contribution in [-0.4, -0.2) is 10.9 Å². The lowest BCUT2D eigenvalue weighted by Gasteiger charge is -2.04. The van der Waals surface area contributed by atoms with Crippen LogP contribution >= 0.6 is 11.3 Å². The molecule has 0 saturated heterocycles. The SMILES string of the molecule is NCc1nc(C(=O)NOCc2ccccc2)cs1. The average molecular weight is 263 g/mol. The number of amides is 1. The number of carbonyl (C=O) groups is 1. The smallest absolute Gasteiger partial charge is 0.294 e. The Hall–Kier alpha value is -1.76. The Bertz CT molecular complexity index is 513. The molecule has 2 aromatic rings. The van der Waals surface area contributed by atoms with Crippen molar-refractivity contribution in [3.63, 3.8) is 0 Å². The first kappa shape index (κ1) is 12.7. The van der Waals surface area contributed by atoms with Gasteiger partial charge >= 0.3 is 0 Å². The van der Waals surface area contributed by atoms with Gasteiger partial charge in [0, 0.05) is 11.9 Å². The van der Waals surface area contributed by atoms with Gasteiger partial charge in [-0.25, -0.2) is 10.5 Å². The quantitative estimate of drug-likeness (QED) is 0.801. The first-order valence-electron chi connectivity index (χ1n) is 5.40. The normalized spacial score (nSPS) is 10.3. The van der Waals surface area contributed by atoms with Gasteiger partial charge in [0.25, 0.3) is 5.91 Å². The van der Waals surface area contributed by atoms with Gasteiger partial charge in [-0.15, -0.1) is 11.3 Å². The van der Waals surface area contributed by atoms with Crippen molar-refractivity contribution in [3.8, 4) is 0 Å². The Balaban J connectivity index is 1.81. The largest absolute Gasteiger partial charge is 0.325 e. The van der Waals surface area contributed by atoms with E-state index in [-0.39, 0.29) is 5.91 Å². The minimum Gasteiger partial charge on any atom is -0.325 e. The molecule has 0 spiro atoms. The zero-order chi connectivity index (χ0) is 12.8. The van der Waals surface area contributed by atoms with E-state index in [1.807, 2.05) is 30.3 Å². The molecule has 0 aliphatic carbocycles. The van der Waals surface area contributed by atoms with Gasteiger partial charge in [-0.1, -0.05) is 30.3 Å². The van der Waals surface area contributed by atoms with Gasteiger partial charge in [0.1, 0.15) is 10.7 Å². The maximum Gasteiger partial charge on any atom is 0.294 e. The van der Waals surface area contributed by atoms with E-state index in [9.17, 15) is 4.79 Å². The highest BCUT2D eigenvalue weighted by atomic mass is 32.1. The van der Waals surface area contributed by atoms with Crippen molar-refractivity contribution >= 4 is 17.2 Å². The molecule has 0 fully saturated rings. The van der Waals surface area contributed by atoms with E-state index >= 15 is 0 Å². The van der Waals surface area contributed by atoms with Crippen LogP contribution < -0.4 is 11.2 Å². The summed E-state index contributed by atoms with van der Waals surface area (Å²) in [6, 6.07) is 9.58. The maximum absolute atomic E-state index is 11.6. The molecule has 1 aromatic heterocycles. The summed E-state index contributed by atoms with van der Waals surface area (Å²) in [5.74, 6) is -0.359. The summed E-state index contributed by atoms with van der Waals surface area (Å²) in [4.78, 5) is 20.8. The minimum absolute atomic E-state index is 0.320. The lowest BCUT2D eigenvalue weighted by atomic mass is 10.2. The van der Waals surface area contributed by atoms with Crippen LogP contribution in [0.5, 0.6) is 0 Å². The van der Waals surface area contributed by atoms with Crippen molar-refractivity contribution in [3.05, 3.63) is 52.0 Å². The third-order valence-electron chi connectivity index (χ3n) is 2.21. The Labute approximate surface area is 109 Å². The van der Waals surface area contributed by atoms with Crippen LogP contribution in [0.2, 0.25) is 0 Å². The molecule has 18 heavy (non-hydrogen) atoms. The molecule has 0 bridgehead atoms. The Morgan fingerprint density at radius 3 is 2.83 bits per heavy atom. The monoisotopic (exact) mass is 263 g/mol. The van der Waals surface area contributed by atoms with Crippen LogP contribution in [0.3, 0.4) is 0 Å². The van der Waals surface area contributed by atoms with E-state index in [2.05, 4.69) is 10.5 Å². The number of hydrogen-bond donors (Lipinski definition) is 2. The van der Waals surface area contributed by atoms with Gasteiger partial charge in [0.05, 0.1) is 6.61 Å². The third kappa shape index (κ3) is 3.36. The number of hydroxylamine groups is 1. The molecular formula is C12H13N3O2S. The summed E-state index contributed by atoms with van der Waals surface area (Å²) in [6.07, 6.45) is 0. The molecule has 1 aromatic carbocycles. The first-order valence-corrected chi connectivity index (χ1v) is 6.28. The second-order valence-electron chi connectivity index (χ2n) is 3.54. The van der Waals surface area contributed by atoms with Crippen LogP contribution in [-0.2, 0) is 18.0 Å². The van der Waals surface area contributed by atoms with Gasteiger partial charge in [0.15, 0.2) is 0 Å². The lowest BCUT2D eigenvalue weighted by Crippen LogP contribution is -2.23. The van der Waals surface area contributed by atoms with Crippen molar-refractivity contribution in [2.75, 3.05) is 0 Å². The number of rotatable bonds is 5. The summed E-state index contributed by atoms with van der Waals surface area (Å²) in [6.45, 7) is 0.656. The van der Waals surface area contributed by atoms with Crippen LogP contribution in [0.4, 0.5) is 0 Å². The summed E-state index contributed by atoms with van der Waals surface area (Å²) in [5.41, 5.74) is 9.09. The lowest BCUT2D eigenvalue weighted by molar-refractivity contribution is 0.0230. The average Bonchev–Trinajstić information content (AvgIpc) is 2.89. The van der Waals surface area contributed by atoms with E-state index in [4.69, 9.17) is 10.6 Å². The highest BCUT2D eigenvalue weighted by molar-refractivity contribution is 7.09. The molecule has 0 saturated carbocycles. The first-order chi connectivity index (χ1) is 8.79. The van der Waals surface area contributed by atoms with E-state index in [1.54, 1.807) is 5.38 Å². The van der Waals surface area contributed by atoms with Crippen LogP contribution in [0.15, 0.2) is 35.7 Å². The fourth-order valence-electron chi connectivity index (χ4n) is 1.32. The van der Waals surface area contributed by atoms with Crippen LogP contribution in [0, 0.1) is 0 Å². The minimum atomic E-state index is -0.359. The zero-order valence-electron chi connectivity index (χ0n) is 9.63. The van der Waals surface area contributed by atoms with E-state index in [0.29, 0.717) is 18.8 Å². The van der Waals surface area contributed by atoms with Crippen molar-refractivity contribution in [1.82, 2.24) is 10.5 Å². The number of carbonyl (C=O) groups excluding carboxylic acids is 1. The van der Waals surface area contributed by atoms with Crippen LogP contribution in [0.25, 0.3) is 0 Å². The number of aromatic nitrogens is 1. The Kier molecular flexibility index (Phi) is 4.40. The van der Waals surface area contributed by atoms with Crippen molar-refractivity contribution in [2.45, 2.75) is 13.2 Å². The molecule has 0 aliphatic rings. The number of thiazole rings is 1. The fourth-order valence-corrected chi connectivity index (χ4v) is 1.98. The predicted molar refractivity (Wildman–Crippen MR) is 68.7 cm³/mol. The van der Waals surface area contributed by atoms with Crippen LogP contribution in [0.1, 0.15) is 21.1 Å². The van der Waals surface area contributed by atoms with E-state index in [0.717, 1.165) is 10.6 Å². The summed E-state index contributed by atoms with van der Waals surface area (Å²) >= 11 is 1.36. The van der Waals surface area contributed by atoms with Crippen molar-refractivity contribution in [2.24, 2.45) is 5.73 Å². The molecule has 2 rings (SSSR count). The third-order valence-corrected chi connectivity index (χ3v) is 3.08. The van der Waals surface area contributed by atoms with Gasteiger partial charge in [-0.3, -0.25) is 9.63 Å². The van der Waals surface area contributed by atoms with Crippen molar-refractivity contribution < 1.29 is 9.63 Å². The summed E-state index contributed by atoms with van der Waals surface area (Å²) < 4.78 is 0. The standard InChI is InChI=1S/C12H13N3O2S/c13-6-11-14-10(8-18-11)12(16)15-17-7-9-4-2-1-3-5-9/h1-5,8H,6-7,13H2,(H,15,16). The summed E-state index contributed by atoms with van der Waals surface area (Å²) in [7, 11) is 0. The molecule has 0 aliphatic heterocycles. The van der Waals surface area contributed by atoms with Crippen molar-refractivity contribution in [1.29, 1.82) is 0 Å². The Morgan fingerprint density at radius 1 is 1.39 bits per heavy atom. The molecule has 0 unspecified atom stereocenters. The van der Waals surface area contributed by atoms with Gasteiger partial charge in [0.2, 0.25) is 0 Å². The van der Waals surface area contributed by atoms with E-state index < -0.39 is 0 Å². The molecular weight excluding hydrogens is 250 g/mol. The molecule has 3 N–H and O–H groups in total. The Morgan fingerprint density at radius 2 is 2.17 bits per heavy atom. The molecule has 1 heterocycles. The second-order valence-corrected chi connectivity index (χ2v) is 4.48. The number of benzene rings is 1. The molecule has 6 heteroatoms.